The Balaban J connectivity index is 1.61. The summed E-state index contributed by atoms with van der Waals surface area (Å²) in [5.41, 5.74) is 3.02. The van der Waals surface area contributed by atoms with Crippen LogP contribution in [0, 0.1) is 5.82 Å². The van der Waals surface area contributed by atoms with E-state index in [4.69, 9.17) is 0 Å². The lowest BCUT2D eigenvalue weighted by Gasteiger charge is -2.29. The molecule has 1 aliphatic rings. The molecule has 3 rings (SSSR count). The van der Waals surface area contributed by atoms with Crippen LogP contribution in [-0.4, -0.2) is 18.1 Å². The quantitative estimate of drug-likeness (QED) is 0.916. The minimum absolute atomic E-state index is 0.113. The lowest BCUT2D eigenvalue weighted by Crippen LogP contribution is -2.30. The number of benzene rings is 1. The molecule has 0 aliphatic carbocycles. The summed E-state index contributed by atoms with van der Waals surface area (Å²) in [7, 11) is 0. The summed E-state index contributed by atoms with van der Waals surface area (Å²) >= 11 is 0. The number of pyridine rings is 1. The van der Waals surface area contributed by atoms with E-state index < -0.39 is 0 Å². The Bertz CT molecular complexity index is 595. The molecule has 1 aromatic heterocycles. The van der Waals surface area contributed by atoms with Gasteiger partial charge < -0.3 is 10.2 Å². The fourth-order valence-electron chi connectivity index (χ4n) is 2.90. The molecule has 0 amide bonds. The number of hydrogen-bond acceptors (Lipinski definition) is 3. The lowest BCUT2D eigenvalue weighted by molar-refractivity contribution is 0.556. The van der Waals surface area contributed by atoms with E-state index in [2.05, 4.69) is 15.2 Å². The highest BCUT2D eigenvalue weighted by atomic mass is 19.1. The Morgan fingerprint density at radius 1 is 1.05 bits per heavy atom. The molecule has 116 valence electrons. The van der Waals surface area contributed by atoms with Crippen LogP contribution >= 0.6 is 0 Å². The van der Waals surface area contributed by atoms with Crippen LogP contribution in [0.2, 0.25) is 0 Å². The summed E-state index contributed by atoms with van der Waals surface area (Å²) < 4.78 is 14.1. The molecule has 3 nitrogen and oxygen atoms in total. The van der Waals surface area contributed by atoms with Gasteiger partial charge in [0.1, 0.15) is 5.82 Å². The van der Waals surface area contributed by atoms with Gasteiger partial charge in [-0.3, -0.25) is 4.98 Å². The largest absolute Gasteiger partial charge is 0.369 e. The van der Waals surface area contributed by atoms with Crippen molar-refractivity contribution in [1.29, 1.82) is 0 Å². The number of nitrogens with zero attached hydrogens (tertiary/aromatic N) is 2. The summed E-state index contributed by atoms with van der Waals surface area (Å²) in [4.78, 5) is 6.27. The van der Waals surface area contributed by atoms with Gasteiger partial charge in [0.05, 0.1) is 5.69 Å². The summed E-state index contributed by atoms with van der Waals surface area (Å²) in [6.07, 6.45) is 7.20. The zero-order chi connectivity index (χ0) is 15.2. The first kappa shape index (κ1) is 15.0. The number of halogens is 1. The van der Waals surface area contributed by atoms with E-state index >= 15 is 0 Å². The zero-order valence-corrected chi connectivity index (χ0v) is 12.8. The second-order valence-electron chi connectivity index (χ2n) is 5.80. The third-order valence-electron chi connectivity index (χ3n) is 4.09. The SMILES string of the molecule is Fc1ccc(CNCc2cccnc2)cc1N1CCCCC1. The Morgan fingerprint density at radius 2 is 1.86 bits per heavy atom. The zero-order valence-electron chi connectivity index (χ0n) is 12.8. The molecule has 1 N–H and O–H groups in total. The Hall–Kier alpha value is -1.94. The molecule has 1 aliphatic heterocycles. The maximum absolute atomic E-state index is 14.1. The summed E-state index contributed by atoms with van der Waals surface area (Å²) in [5, 5.41) is 3.39. The van der Waals surface area contributed by atoms with Crippen LogP contribution in [0.5, 0.6) is 0 Å². The topological polar surface area (TPSA) is 28.2 Å². The average Bonchev–Trinajstić information content (AvgIpc) is 2.58. The highest BCUT2D eigenvalue weighted by Gasteiger charge is 2.15. The fraction of sp³-hybridized carbons (Fsp3) is 0.389. The van der Waals surface area contributed by atoms with Gasteiger partial charge in [0.25, 0.3) is 0 Å². The number of nitrogens with one attached hydrogen (secondary N) is 1. The molecule has 0 spiro atoms. The number of hydrogen-bond donors (Lipinski definition) is 1. The molecule has 0 atom stereocenters. The van der Waals surface area contributed by atoms with Gasteiger partial charge in [-0.15, -0.1) is 0 Å². The number of rotatable bonds is 5. The van der Waals surface area contributed by atoms with Crippen molar-refractivity contribution in [1.82, 2.24) is 10.3 Å². The minimum atomic E-state index is -0.113. The number of piperidine rings is 1. The van der Waals surface area contributed by atoms with Crippen LogP contribution in [0.4, 0.5) is 10.1 Å². The summed E-state index contributed by atoms with van der Waals surface area (Å²) in [6, 6.07) is 9.41. The van der Waals surface area contributed by atoms with Gasteiger partial charge in [-0.05, 0) is 48.6 Å². The van der Waals surface area contributed by atoms with Crippen LogP contribution in [0.15, 0.2) is 42.7 Å². The first-order valence-corrected chi connectivity index (χ1v) is 7.96. The van der Waals surface area contributed by atoms with Crippen LogP contribution in [-0.2, 0) is 13.1 Å². The van der Waals surface area contributed by atoms with Crippen LogP contribution in [0.3, 0.4) is 0 Å². The van der Waals surface area contributed by atoms with Gasteiger partial charge in [0, 0.05) is 38.6 Å². The number of aromatic nitrogens is 1. The van der Waals surface area contributed by atoms with Crippen molar-refractivity contribution in [2.24, 2.45) is 0 Å². The average molecular weight is 299 g/mol. The summed E-state index contributed by atoms with van der Waals surface area (Å²) in [5.74, 6) is -0.113. The van der Waals surface area contributed by atoms with Crippen molar-refractivity contribution in [3.05, 3.63) is 59.7 Å². The van der Waals surface area contributed by atoms with E-state index in [1.807, 2.05) is 30.5 Å². The van der Waals surface area contributed by atoms with Crippen molar-refractivity contribution in [2.45, 2.75) is 32.4 Å². The van der Waals surface area contributed by atoms with Crippen molar-refractivity contribution in [3.63, 3.8) is 0 Å². The normalized spacial score (nSPS) is 15.0. The second kappa shape index (κ2) is 7.36. The molecule has 1 aromatic carbocycles. The monoisotopic (exact) mass is 299 g/mol. The van der Waals surface area contributed by atoms with E-state index in [0.29, 0.717) is 0 Å². The molecule has 4 heteroatoms. The fourth-order valence-corrected chi connectivity index (χ4v) is 2.90. The van der Waals surface area contributed by atoms with E-state index in [1.165, 1.54) is 6.42 Å². The molecular formula is C18H22FN3. The van der Waals surface area contributed by atoms with Crippen molar-refractivity contribution < 1.29 is 4.39 Å². The van der Waals surface area contributed by atoms with Crippen molar-refractivity contribution in [3.8, 4) is 0 Å². The highest BCUT2D eigenvalue weighted by Crippen LogP contribution is 2.24. The van der Waals surface area contributed by atoms with Gasteiger partial charge in [0.15, 0.2) is 0 Å². The van der Waals surface area contributed by atoms with E-state index in [0.717, 1.165) is 55.8 Å². The van der Waals surface area contributed by atoms with Crippen LogP contribution in [0.25, 0.3) is 0 Å². The van der Waals surface area contributed by atoms with Crippen molar-refractivity contribution in [2.75, 3.05) is 18.0 Å². The molecule has 22 heavy (non-hydrogen) atoms. The molecule has 0 radical (unpaired) electrons. The minimum Gasteiger partial charge on any atom is -0.369 e. The predicted octanol–water partition coefficient (Wildman–Crippen LogP) is 3.50. The van der Waals surface area contributed by atoms with Crippen LogP contribution < -0.4 is 10.2 Å². The highest BCUT2D eigenvalue weighted by molar-refractivity contribution is 5.50. The van der Waals surface area contributed by atoms with Gasteiger partial charge in [-0.25, -0.2) is 4.39 Å². The molecule has 0 bridgehead atoms. The van der Waals surface area contributed by atoms with E-state index in [-0.39, 0.29) is 5.82 Å². The Labute approximate surface area is 131 Å². The number of anilines is 1. The smallest absolute Gasteiger partial charge is 0.146 e. The lowest BCUT2D eigenvalue weighted by atomic mass is 10.1. The molecule has 0 unspecified atom stereocenters. The third-order valence-corrected chi connectivity index (χ3v) is 4.09. The van der Waals surface area contributed by atoms with E-state index in [1.54, 1.807) is 12.3 Å². The Morgan fingerprint density at radius 3 is 2.64 bits per heavy atom. The molecule has 2 aromatic rings. The predicted molar refractivity (Wildman–Crippen MR) is 87.2 cm³/mol. The third kappa shape index (κ3) is 3.83. The van der Waals surface area contributed by atoms with Crippen LogP contribution in [0.1, 0.15) is 30.4 Å². The second-order valence-corrected chi connectivity index (χ2v) is 5.80. The molecule has 1 fully saturated rings. The molecule has 0 saturated carbocycles. The van der Waals surface area contributed by atoms with Gasteiger partial charge in [0.2, 0.25) is 0 Å². The maximum atomic E-state index is 14.1. The van der Waals surface area contributed by atoms with Crippen molar-refractivity contribution >= 4 is 5.69 Å². The standard InChI is InChI=1S/C18H22FN3/c19-17-7-6-15(11-18(17)22-9-2-1-3-10-22)12-21-14-16-5-4-8-20-13-16/h4-8,11,13,21H,1-3,9-10,12,14H2. The van der Waals surface area contributed by atoms with E-state index in [9.17, 15) is 4.39 Å². The first-order valence-electron chi connectivity index (χ1n) is 7.96. The van der Waals surface area contributed by atoms with Gasteiger partial charge in [-0.1, -0.05) is 12.1 Å². The molecule has 2 heterocycles. The van der Waals surface area contributed by atoms with Gasteiger partial charge in [-0.2, -0.15) is 0 Å². The molecule has 1 saturated heterocycles. The first-order chi connectivity index (χ1) is 10.8. The maximum Gasteiger partial charge on any atom is 0.146 e. The Kier molecular flexibility index (Phi) is 5.01. The molecular weight excluding hydrogens is 277 g/mol. The van der Waals surface area contributed by atoms with Gasteiger partial charge >= 0.3 is 0 Å². The summed E-state index contributed by atoms with van der Waals surface area (Å²) in [6.45, 7) is 3.42.